The quantitative estimate of drug-likeness (QED) is 0.332. The van der Waals surface area contributed by atoms with E-state index in [1.807, 2.05) is 47.2 Å². The van der Waals surface area contributed by atoms with Crippen LogP contribution in [0.1, 0.15) is 55.4 Å². The number of amides is 1. The van der Waals surface area contributed by atoms with Crippen LogP contribution >= 0.6 is 12.4 Å². The van der Waals surface area contributed by atoms with Gasteiger partial charge in [0.1, 0.15) is 11.5 Å². The van der Waals surface area contributed by atoms with Crippen molar-refractivity contribution in [1.29, 1.82) is 0 Å². The predicted octanol–water partition coefficient (Wildman–Crippen LogP) is 6.92. The molecule has 4 aromatic rings. The maximum atomic E-state index is 13.4. The van der Waals surface area contributed by atoms with Crippen LogP contribution in [0.5, 0.6) is 11.5 Å². The normalized spacial score (nSPS) is 12.7. The number of nitrogens with zero attached hydrogens (tertiary/aromatic N) is 2. The van der Waals surface area contributed by atoms with Crippen LogP contribution in [-0.2, 0) is 16.8 Å². The number of para-hydroxylation sites is 2. The van der Waals surface area contributed by atoms with Gasteiger partial charge >= 0.3 is 0 Å². The van der Waals surface area contributed by atoms with Crippen molar-refractivity contribution < 1.29 is 9.53 Å². The highest BCUT2D eigenvalue weighted by Gasteiger charge is 2.29. The number of fused-ring (bicyclic) bond motifs is 2. The van der Waals surface area contributed by atoms with Gasteiger partial charge in [0, 0.05) is 48.1 Å². The third-order valence-electron chi connectivity index (χ3n) is 6.29. The molecule has 0 fully saturated rings. The first-order valence-electron chi connectivity index (χ1n) is 11.6. The number of carbonyl (C=O) groups is 1. The monoisotopic (exact) mass is 487 g/mol. The fourth-order valence-electron chi connectivity index (χ4n) is 4.65. The van der Waals surface area contributed by atoms with Crippen molar-refractivity contribution in [3.8, 4) is 11.5 Å². The summed E-state index contributed by atoms with van der Waals surface area (Å²) in [6, 6.07) is 22.3. The van der Waals surface area contributed by atoms with Crippen LogP contribution in [0.25, 0.3) is 0 Å². The summed E-state index contributed by atoms with van der Waals surface area (Å²) in [5, 5.41) is 3.24. The second-order valence-corrected chi connectivity index (χ2v) is 9.85. The molecule has 35 heavy (non-hydrogen) atoms. The largest absolute Gasteiger partial charge is 0.457 e. The molecule has 3 aromatic carbocycles. The van der Waals surface area contributed by atoms with Crippen molar-refractivity contribution in [2.45, 2.75) is 45.1 Å². The van der Waals surface area contributed by atoms with E-state index in [1.54, 1.807) is 12.5 Å². The molecule has 1 aliphatic rings. The minimum Gasteiger partial charge on any atom is -0.457 e. The van der Waals surface area contributed by atoms with Gasteiger partial charge in [0.25, 0.3) is 0 Å². The summed E-state index contributed by atoms with van der Waals surface area (Å²) < 4.78 is 8.12. The Bertz CT molecular complexity index is 1280. The highest BCUT2D eigenvalue weighted by Crippen LogP contribution is 2.45. The van der Waals surface area contributed by atoms with Crippen molar-refractivity contribution in [2.24, 2.45) is 0 Å². The van der Waals surface area contributed by atoms with Gasteiger partial charge in [-0.1, -0.05) is 69.3 Å². The SMILES string of the molecule is CC(C)(C)c1ccc(Cn2ccnc2)cc1NC(=O)CC1c2ccccc2Oc2ccccc21.Cl. The van der Waals surface area contributed by atoms with Crippen molar-refractivity contribution in [2.75, 3.05) is 5.32 Å². The predicted molar refractivity (Wildman–Crippen MR) is 142 cm³/mol. The molecule has 0 atom stereocenters. The molecule has 1 N–H and O–H groups in total. The molecule has 0 saturated carbocycles. The van der Waals surface area contributed by atoms with Crippen LogP contribution in [0.4, 0.5) is 5.69 Å². The number of aromatic nitrogens is 2. The molecule has 0 bridgehead atoms. The minimum atomic E-state index is -0.103. The molecule has 0 radical (unpaired) electrons. The fourth-order valence-corrected chi connectivity index (χ4v) is 4.65. The number of halogens is 1. The van der Waals surface area contributed by atoms with Crippen molar-refractivity contribution in [3.05, 3.63) is 108 Å². The molecular formula is C29H30ClN3O2. The Labute approximate surface area is 212 Å². The van der Waals surface area contributed by atoms with Gasteiger partial charge in [-0.2, -0.15) is 0 Å². The van der Waals surface area contributed by atoms with E-state index in [9.17, 15) is 4.79 Å². The van der Waals surface area contributed by atoms with E-state index in [2.05, 4.69) is 61.4 Å². The Kier molecular flexibility index (Phi) is 6.99. The van der Waals surface area contributed by atoms with Gasteiger partial charge in [0.05, 0.1) is 6.33 Å². The Morgan fingerprint density at radius 3 is 2.26 bits per heavy atom. The second kappa shape index (κ2) is 9.96. The van der Waals surface area contributed by atoms with Crippen LogP contribution < -0.4 is 10.1 Å². The van der Waals surface area contributed by atoms with E-state index in [0.717, 1.165) is 39.4 Å². The number of ether oxygens (including phenoxy) is 1. The van der Waals surface area contributed by atoms with Crippen molar-refractivity contribution in [1.82, 2.24) is 9.55 Å². The third kappa shape index (κ3) is 5.25. The zero-order valence-corrected chi connectivity index (χ0v) is 21.0. The van der Waals surface area contributed by atoms with E-state index < -0.39 is 0 Å². The van der Waals surface area contributed by atoms with Crippen LogP contribution in [0.2, 0.25) is 0 Å². The smallest absolute Gasteiger partial charge is 0.225 e. The number of benzene rings is 3. The molecule has 180 valence electrons. The molecule has 1 aliphatic heterocycles. The molecular weight excluding hydrogens is 458 g/mol. The van der Waals surface area contributed by atoms with Crippen molar-refractivity contribution in [3.63, 3.8) is 0 Å². The van der Waals surface area contributed by atoms with Crippen molar-refractivity contribution >= 4 is 24.0 Å². The molecule has 1 amide bonds. The number of anilines is 1. The molecule has 2 heterocycles. The maximum absolute atomic E-state index is 13.4. The van der Waals surface area contributed by atoms with E-state index in [1.165, 1.54) is 0 Å². The second-order valence-electron chi connectivity index (χ2n) is 9.85. The Morgan fingerprint density at radius 2 is 1.66 bits per heavy atom. The average Bonchev–Trinajstić information content (AvgIpc) is 3.31. The van der Waals surface area contributed by atoms with E-state index in [0.29, 0.717) is 13.0 Å². The van der Waals surface area contributed by atoms with Gasteiger partial charge in [-0.05, 0) is 34.7 Å². The first kappa shape index (κ1) is 24.6. The number of hydrogen-bond acceptors (Lipinski definition) is 3. The standard InChI is InChI=1S/C29H29N3O2.ClH/c1-29(2,3)24-13-12-20(18-32-15-14-30-19-32)16-25(24)31-28(33)17-23-21-8-4-6-10-26(21)34-27-11-7-5-9-22(23)27;/h4-16,19,23H,17-18H2,1-3H3,(H,31,33);1H. The van der Waals surface area contributed by atoms with Gasteiger partial charge < -0.3 is 14.6 Å². The zero-order valence-electron chi connectivity index (χ0n) is 20.2. The number of carbonyl (C=O) groups excluding carboxylic acids is 1. The van der Waals surface area contributed by atoms with Gasteiger partial charge in [-0.3, -0.25) is 4.79 Å². The fraction of sp³-hybridized carbons (Fsp3) is 0.241. The lowest BCUT2D eigenvalue weighted by atomic mass is 9.84. The number of rotatable bonds is 5. The number of hydrogen-bond donors (Lipinski definition) is 1. The molecule has 0 spiro atoms. The zero-order chi connectivity index (χ0) is 23.7. The summed E-state index contributed by atoms with van der Waals surface area (Å²) in [6.45, 7) is 7.20. The summed E-state index contributed by atoms with van der Waals surface area (Å²) in [4.78, 5) is 17.6. The lowest BCUT2D eigenvalue weighted by Crippen LogP contribution is -2.22. The number of nitrogens with one attached hydrogen (secondary N) is 1. The Balaban J connectivity index is 0.00000289. The highest BCUT2D eigenvalue weighted by molar-refractivity contribution is 5.93. The summed E-state index contributed by atoms with van der Waals surface area (Å²) in [5.41, 5.74) is 5.07. The maximum Gasteiger partial charge on any atom is 0.225 e. The van der Waals surface area contributed by atoms with E-state index >= 15 is 0 Å². The lowest BCUT2D eigenvalue weighted by Gasteiger charge is -2.28. The molecule has 5 nitrogen and oxygen atoms in total. The minimum absolute atomic E-state index is 0. The topological polar surface area (TPSA) is 56.2 Å². The summed E-state index contributed by atoms with van der Waals surface area (Å²) in [7, 11) is 0. The summed E-state index contributed by atoms with van der Waals surface area (Å²) in [6.07, 6.45) is 5.86. The average molecular weight is 488 g/mol. The Hall–Kier alpha value is -3.57. The Morgan fingerprint density at radius 1 is 1.00 bits per heavy atom. The van der Waals surface area contributed by atoms with Gasteiger partial charge in [-0.15, -0.1) is 12.4 Å². The molecule has 6 heteroatoms. The lowest BCUT2D eigenvalue weighted by molar-refractivity contribution is -0.116. The van der Waals surface area contributed by atoms with E-state index in [-0.39, 0.29) is 29.6 Å². The highest BCUT2D eigenvalue weighted by atomic mass is 35.5. The van der Waals surface area contributed by atoms with E-state index in [4.69, 9.17) is 4.74 Å². The van der Waals surface area contributed by atoms with Crippen LogP contribution in [0.3, 0.4) is 0 Å². The van der Waals surface area contributed by atoms with Gasteiger partial charge in [-0.25, -0.2) is 4.98 Å². The molecule has 0 saturated heterocycles. The summed E-state index contributed by atoms with van der Waals surface area (Å²) >= 11 is 0. The molecule has 0 unspecified atom stereocenters. The van der Waals surface area contributed by atoms with Crippen LogP contribution in [-0.4, -0.2) is 15.5 Å². The molecule has 1 aromatic heterocycles. The first-order chi connectivity index (χ1) is 16.4. The van der Waals surface area contributed by atoms with Crippen LogP contribution in [0, 0.1) is 0 Å². The van der Waals surface area contributed by atoms with Crippen LogP contribution in [0.15, 0.2) is 85.5 Å². The van der Waals surface area contributed by atoms with Gasteiger partial charge in [0.2, 0.25) is 5.91 Å². The van der Waals surface area contributed by atoms with Gasteiger partial charge in [0.15, 0.2) is 0 Å². The first-order valence-corrected chi connectivity index (χ1v) is 11.6. The number of imidazole rings is 1. The molecule has 0 aliphatic carbocycles. The third-order valence-corrected chi connectivity index (χ3v) is 6.29. The summed E-state index contributed by atoms with van der Waals surface area (Å²) in [5.74, 6) is 1.56. The molecule has 5 rings (SSSR count).